The summed E-state index contributed by atoms with van der Waals surface area (Å²) in [6.07, 6.45) is -0.736. The maximum absolute atomic E-state index is 12.1. The number of nitrogens with zero attached hydrogens (tertiary/aromatic N) is 1. The van der Waals surface area contributed by atoms with E-state index in [9.17, 15) is 9.59 Å². The van der Waals surface area contributed by atoms with Gasteiger partial charge >= 0.3 is 6.09 Å². The molecule has 1 unspecified atom stereocenters. The SMILES string of the molecule is CCC(NC(=O)O)C(=O)N1C[C@@H](C)O[C@@H](C)C1. The molecule has 1 rings (SSSR count). The van der Waals surface area contributed by atoms with Crippen LogP contribution in [0, 0.1) is 0 Å². The Balaban J connectivity index is 2.63. The van der Waals surface area contributed by atoms with Crippen molar-refractivity contribution in [2.24, 2.45) is 0 Å². The standard InChI is InChI=1S/C11H20N2O4/c1-4-9(12-11(15)16)10(14)13-5-7(2)17-8(3)6-13/h7-9,12H,4-6H2,1-3H3,(H,15,16)/t7-,8+,9?. The molecule has 3 atom stereocenters. The lowest BCUT2D eigenvalue weighted by Gasteiger charge is -2.36. The second kappa shape index (κ2) is 5.86. The first-order valence-electron chi connectivity index (χ1n) is 5.87. The Labute approximate surface area is 101 Å². The number of hydrogen-bond acceptors (Lipinski definition) is 3. The highest BCUT2D eigenvalue weighted by Gasteiger charge is 2.30. The number of carboxylic acid groups (broad SMARTS) is 1. The van der Waals surface area contributed by atoms with Gasteiger partial charge in [0.25, 0.3) is 0 Å². The van der Waals surface area contributed by atoms with Crippen molar-refractivity contribution >= 4 is 12.0 Å². The van der Waals surface area contributed by atoms with Gasteiger partial charge in [0.05, 0.1) is 12.2 Å². The highest BCUT2D eigenvalue weighted by atomic mass is 16.5. The Morgan fingerprint density at radius 2 is 1.94 bits per heavy atom. The number of amides is 2. The van der Waals surface area contributed by atoms with Crippen LogP contribution < -0.4 is 5.32 Å². The van der Waals surface area contributed by atoms with Gasteiger partial charge in [-0.05, 0) is 20.3 Å². The van der Waals surface area contributed by atoms with Crippen LogP contribution >= 0.6 is 0 Å². The first-order valence-corrected chi connectivity index (χ1v) is 5.87. The van der Waals surface area contributed by atoms with Crippen LogP contribution in [0.1, 0.15) is 27.2 Å². The van der Waals surface area contributed by atoms with Crippen LogP contribution in [-0.2, 0) is 9.53 Å². The Morgan fingerprint density at radius 1 is 1.41 bits per heavy atom. The molecule has 0 aromatic heterocycles. The van der Waals surface area contributed by atoms with Crippen molar-refractivity contribution in [1.82, 2.24) is 10.2 Å². The minimum absolute atomic E-state index is 0.00923. The molecule has 0 aliphatic carbocycles. The molecular weight excluding hydrogens is 224 g/mol. The monoisotopic (exact) mass is 244 g/mol. The number of ether oxygens (including phenoxy) is 1. The van der Waals surface area contributed by atoms with Crippen LogP contribution in [0.25, 0.3) is 0 Å². The van der Waals surface area contributed by atoms with E-state index in [1.807, 2.05) is 13.8 Å². The van der Waals surface area contributed by atoms with Crippen molar-refractivity contribution in [3.05, 3.63) is 0 Å². The van der Waals surface area contributed by atoms with Gasteiger partial charge in [-0.1, -0.05) is 6.92 Å². The molecule has 98 valence electrons. The highest BCUT2D eigenvalue weighted by molar-refractivity contribution is 5.85. The van der Waals surface area contributed by atoms with Crippen LogP contribution in [-0.4, -0.2) is 53.3 Å². The zero-order valence-corrected chi connectivity index (χ0v) is 10.5. The largest absolute Gasteiger partial charge is 0.465 e. The summed E-state index contributed by atoms with van der Waals surface area (Å²) in [5.41, 5.74) is 0. The van der Waals surface area contributed by atoms with Gasteiger partial charge in [0, 0.05) is 13.1 Å². The van der Waals surface area contributed by atoms with Gasteiger partial charge in [0.2, 0.25) is 5.91 Å². The van der Waals surface area contributed by atoms with E-state index < -0.39 is 12.1 Å². The molecule has 1 heterocycles. The molecule has 1 fully saturated rings. The molecule has 1 saturated heterocycles. The Kier molecular flexibility index (Phi) is 4.74. The maximum Gasteiger partial charge on any atom is 0.405 e. The van der Waals surface area contributed by atoms with Crippen LogP contribution in [0.2, 0.25) is 0 Å². The van der Waals surface area contributed by atoms with Crippen molar-refractivity contribution in [2.45, 2.75) is 45.4 Å². The molecule has 2 N–H and O–H groups in total. The second-order valence-electron chi connectivity index (χ2n) is 4.41. The molecule has 1 aliphatic heterocycles. The van der Waals surface area contributed by atoms with Gasteiger partial charge in [0.15, 0.2) is 0 Å². The smallest absolute Gasteiger partial charge is 0.405 e. The summed E-state index contributed by atoms with van der Waals surface area (Å²) in [6, 6.07) is -0.662. The summed E-state index contributed by atoms with van der Waals surface area (Å²) in [4.78, 5) is 24.3. The Bertz CT molecular complexity index is 285. The summed E-state index contributed by atoms with van der Waals surface area (Å²) in [7, 11) is 0. The molecule has 1 aliphatic rings. The van der Waals surface area contributed by atoms with Gasteiger partial charge in [-0.25, -0.2) is 4.79 Å². The average Bonchev–Trinajstić information content (AvgIpc) is 2.23. The predicted octanol–water partition coefficient (Wildman–Crippen LogP) is 0.668. The van der Waals surface area contributed by atoms with Gasteiger partial charge in [0.1, 0.15) is 6.04 Å². The van der Waals surface area contributed by atoms with E-state index in [1.54, 1.807) is 11.8 Å². The molecule has 0 aromatic carbocycles. The number of morpholine rings is 1. The minimum Gasteiger partial charge on any atom is -0.465 e. The molecule has 0 bridgehead atoms. The highest BCUT2D eigenvalue weighted by Crippen LogP contribution is 2.12. The minimum atomic E-state index is -1.17. The van der Waals surface area contributed by atoms with Gasteiger partial charge in [-0.3, -0.25) is 4.79 Å². The third kappa shape index (κ3) is 3.89. The van der Waals surface area contributed by atoms with E-state index in [0.29, 0.717) is 19.5 Å². The summed E-state index contributed by atoms with van der Waals surface area (Å²) >= 11 is 0. The number of nitrogens with one attached hydrogen (secondary N) is 1. The molecular formula is C11H20N2O4. The zero-order valence-electron chi connectivity index (χ0n) is 10.5. The van der Waals surface area contributed by atoms with Gasteiger partial charge in [-0.2, -0.15) is 0 Å². The summed E-state index contributed by atoms with van der Waals surface area (Å²) in [6.45, 7) is 6.62. The molecule has 0 saturated carbocycles. The lowest BCUT2D eigenvalue weighted by atomic mass is 10.1. The molecule has 2 amide bonds. The molecule has 0 spiro atoms. The van der Waals surface area contributed by atoms with Crippen LogP contribution in [0.15, 0.2) is 0 Å². The summed E-state index contributed by atoms with van der Waals surface area (Å²) < 4.78 is 5.53. The van der Waals surface area contributed by atoms with Crippen molar-refractivity contribution in [3.63, 3.8) is 0 Å². The third-order valence-electron chi connectivity index (χ3n) is 2.74. The summed E-state index contributed by atoms with van der Waals surface area (Å²) in [5.74, 6) is -0.170. The molecule has 6 heteroatoms. The van der Waals surface area contributed by atoms with E-state index in [4.69, 9.17) is 9.84 Å². The van der Waals surface area contributed by atoms with E-state index >= 15 is 0 Å². The van der Waals surface area contributed by atoms with E-state index in [0.717, 1.165) is 0 Å². The Hall–Kier alpha value is -1.30. The maximum atomic E-state index is 12.1. The van der Waals surface area contributed by atoms with Crippen LogP contribution in [0.3, 0.4) is 0 Å². The van der Waals surface area contributed by atoms with E-state index in [1.165, 1.54) is 0 Å². The molecule has 6 nitrogen and oxygen atoms in total. The van der Waals surface area contributed by atoms with Crippen LogP contribution in [0.5, 0.6) is 0 Å². The number of hydrogen-bond donors (Lipinski definition) is 2. The lowest BCUT2D eigenvalue weighted by Crippen LogP contribution is -2.54. The first kappa shape index (κ1) is 13.8. The van der Waals surface area contributed by atoms with Crippen molar-refractivity contribution in [1.29, 1.82) is 0 Å². The van der Waals surface area contributed by atoms with Crippen molar-refractivity contribution in [2.75, 3.05) is 13.1 Å². The first-order chi connectivity index (χ1) is 7.93. The fourth-order valence-corrected chi connectivity index (χ4v) is 2.07. The van der Waals surface area contributed by atoms with E-state index in [-0.39, 0.29) is 18.1 Å². The van der Waals surface area contributed by atoms with Gasteiger partial charge < -0.3 is 20.1 Å². The zero-order chi connectivity index (χ0) is 13.0. The topological polar surface area (TPSA) is 78.9 Å². The van der Waals surface area contributed by atoms with Crippen molar-refractivity contribution < 1.29 is 19.4 Å². The second-order valence-corrected chi connectivity index (χ2v) is 4.41. The number of rotatable bonds is 3. The molecule has 0 aromatic rings. The number of carbonyl (C=O) groups excluding carboxylic acids is 1. The van der Waals surface area contributed by atoms with Crippen molar-refractivity contribution in [3.8, 4) is 0 Å². The fourth-order valence-electron chi connectivity index (χ4n) is 2.07. The number of carbonyl (C=O) groups is 2. The third-order valence-corrected chi connectivity index (χ3v) is 2.74. The fraction of sp³-hybridized carbons (Fsp3) is 0.818. The average molecular weight is 244 g/mol. The van der Waals surface area contributed by atoms with E-state index in [2.05, 4.69) is 5.32 Å². The lowest BCUT2D eigenvalue weighted by molar-refractivity contribution is -0.145. The molecule has 0 radical (unpaired) electrons. The van der Waals surface area contributed by atoms with Crippen LogP contribution in [0.4, 0.5) is 4.79 Å². The quantitative estimate of drug-likeness (QED) is 0.764. The Morgan fingerprint density at radius 3 is 2.35 bits per heavy atom. The van der Waals surface area contributed by atoms with Gasteiger partial charge in [-0.15, -0.1) is 0 Å². The summed E-state index contributed by atoms with van der Waals surface area (Å²) in [5, 5.41) is 10.9. The normalized spacial score (nSPS) is 26.4. The predicted molar refractivity (Wildman–Crippen MR) is 61.8 cm³/mol. The molecule has 17 heavy (non-hydrogen) atoms.